The molecule has 4 nitrogen and oxygen atoms in total. The maximum absolute atomic E-state index is 11.7. The van der Waals surface area contributed by atoms with Crippen LogP contribution in [-0.2, 0) is 4.79 Å². The maximum atomic E-state index is 11.7. The quantitative estimate of drug-likeness (QED) is 0.811. The molecule has 1 heterocycles. The molecule has 17 heavy (non-hydrogen) atoms. The number of likely N-dealkylation sites (N-methyl/N-ethyl adjacent to an activating group) is 1. The predicted octanol–water partition coefficient (Wildman–Crippen LogP) is 1.04. The summed E-state index contributed by atoms with van der Waals surface area (Å²) in [5.41, 5.74) is 0. The van der Waals surface area contributed by atoms with Gasteiger partial charge in [-0.25, -0.2) is 0 Å². The van der Waals surface area contributed by atoms with Crippen molar-refractivity contribution in [2.75, 3.05) is 27.2 Å². The van der Waals surface area contributed by atoms with Gasteiger partial charge in [-0.05, 0) is 40.4 Å². The molecule has 0 aromatic rings. The largest absolute Gasteiger partial charge is 0.353 e. The molecule has 0 spiro atoms. The minimum atomic E-state index is 0. The molecule has 1 fully saturated rings. The molecule has 2 atom stereocenters. The lowest BCUT2D eigenvalue weighted by atomic mass is 10.0. The van der Waals surface area contributed by atoms with E-state index in [-0.39, 0.29) is 36.8 Å². The molecule has 2 N–H and O–H groups in total. The fourth-order valence-corrected chi connectivity index (χ4v) is 1.63. The Morgan fingerprint density at radius 1 is 1.41 bits per heavy atom. The highest BCUT2D eigenvalue weighted by Crippen LogP contribution is 2.06. The van der Waals surface area contributed by atoms with E-state index in [1.54, 1.807) is 0 Å². The summed E-state index contributed by atoms with van der Waals surface area (Å²) < 4.78 is 0. The van der Waals surface area contributed by atoms with Gasteiger partial charge in [-0.3, -0.25) is 4.79 Å². The van der Waals surface area contributed by atoms with Gasteiger partial charge in [0.15, 0.2) is 0 Å². The van der Waals surface area contributed by atoms with E-state index < -0.39 is 0 Å². The van der Waals surface area contributed by atoms with E-state index >= 15 is 0 Å². The van der Waals surface area contributed by atoms with Gasteiger partial charge >= 0.3 is 0 Å². The average Bonchev–Trinajstić information content (AvgIpc) is 2.26. The summed E-state index contributed by atoms with van der Waals surface area (Å²) in [6, 6.07) is 0.422. The molecule has 0 aromatic heterocycles. The predicted molar refractivity (Wildman–Crippen MR) is 76.3 cm³/mol. The lowest BCUT2D eigenvalue weighted by molar-refractivity contribution is -0.123. The second-order valence-corrected chi connectivity index (χ2v) is 4.56. The van der Waals surface area contributed by atoms with Crippen molar-refractivity contribution in [1.82, 2.24) is 15.5 Å². The van der Waals surface area contributed by atoms with E-state index in [0.717, 1.165) is 25.9 Å². The minimum Gasteiger partial charge on any atom is -0.353 e. The van der Waals surface area contributed by atoms with Gasteiger partial charge in [0.05, 0.1) is 6.04 Å². The number of carbonyl (C=O) groups is 1. The summed E-state index contributed by atoms with van der Waals surface area (Å²) >= 11 is 0. The van der Waals surface area contributed by atoms with Crippen molar-refractivity contribution < 1.29 is 4.79 Å². The van der Waals surface area contributed by atoms with Gasteiger partial charge in [0.1, 0.15) is 0 Å². The van der Waals surface area contributed by atoms with Crippen LogP contribution in [0.1, 0.15) is 26.2 Å². The third-order valence-electron chi connectivity index (χ3n) is 3.08. The number of piperidine rings is 1. The van der Waals surface area contributed by atoms with Crippen LogP contribution >= 0.6 is 24.8 Å². The lowest BCUT2D eigenvalue weighted by Crippen LogP contribution is -2.49. The molecular formula is C11H25Cl2N3O. The molecule has 0 bridgehead atoms. The van der Waals surface area contributed by atoms with Crippen LogP contribution in [0.25, 0.3) is 0 Å². The SMILES string of the molecule is CC(CNC(=O)C1CCCCN1)N(C)C.Cl.Cl. The lowest BCUT2D eigenvalue weighted by Gasteiger charge is -2.25. The molecule has 0 saturated carbocycles. The first-order valence-corrected chi connectivity index (χ1v) is 5.79. The Bertz CT molecular complexity index is 209. The van der Waals surface area contributed by atoms with E-state index in [0.29, 0.717) is 6.04 Å². The van der Waals surface area contributed by atoms with Crippen LogP contribution in [-0.4, -0.2) is 50.1 Å². The number of hydrogen-bond acceptors (Lipinski definition) is 3. The van der Waals surface area contributed by atoms with Crippen molar-refractivity contribution >= 4 is 30.7 Å². The van der Waals surface area contributed by atoms with Gasteiger partial charge in [-0.2, -0.15) is 0 Å². The zero-order valence-corrected chi connectivity index (χ0v) is 12.5. The van der Waals surface area contributed by atoms with Gasteiger partial charge in [0.2, 0.25) is 5.91 Å². The van der Waals surface area contributed by atoms with Crippen molar-refractivity contribution in [2.45, 2.75) is 38.3 Å². The molecule has 2 unspecified atom stereocenters. The van der Waals surface area contributed by atoms with E-state index in [1.807, 2.05) is 14.1 Å². The Balaban J connectivity index is 0. The van der Waals surface area contributed by atoms with Crippen LogP contribution in [0.5, 0.6) is 0 Å². The average molecular weight is 286 g/mol. The summed E-state index contributed by atoms with van der Waals surface area (Å²) in [6.45, 7) is 3.81. The Kier molecular flexibility index (Phi) is 11.3. The Labute approximate surface area is 117 Å². The summed E-state index contributed by atoms with van der Waals surface area (Å²) in [6.07, 6.45) is 3.33. The zero-order valence-electron chi connectivity index (χ0n) is 10.9. The molecule has 6 heteroatoms. The van der Waals surface area contributed by atoms with Gasteiger partial charge in [-0.1, -0.05) is 6.42 Å². The molecule has 1 amide bonds. The van der Waals surface area contributed by atoms with Gasteiger partial charge in [-0.15, -0.1) is 24.8 Å². The number of carbonyl (C=O) groups excluding carboxylic acids is 1. The molecular weight excluding hydrogens is 261 g/mol. The Hall–Kier alpha value is -0.0300. The monoisotopic (exact) mass is 285 g/mol. The third-order valence-corrected chi connectivity index (χ3v) is 3.08. The molecule has 0 aliphatic carbocycles. The van der Waals surface area contributed by atoms with Crippen LogP contribution in [0.3, 0.4) is 0 Å². The van der Waals surface area contributed by atoms with E-state index in [2.05, 4.69) is 22.5 Å². The maximum Gasteiger partial charge on any atom is 0.237 e. The van der Waals surface area contributed by atoms with Gasteiger partial charge < -0.3 is 15.5 Å². The topological polar surface area (TPSA) is 44.4 Å². The number of hydrogen-bond donors (Lipinski definition) is 2. The van der Waals surface area contributed by atoms with Crippen LogP contribution in [0, 0.1) is 0 Å². The fraction of sp³-hybridized carbons (Fsp3) is 0.909. The first-order chi connectivity index (χ1) is 7.11. The summed E-state index contributed by atoms with van der Waals surface area (Å²) in [4.78, 5) is 13.8. The molecule has 1 saturated heterocycles. The van der Waals surface area contributed by atoms with Crippen LogP contribution in [0.15, 0.2) is 0 Å². The fourth-order valence-electron chi connectivity index (χ4n) is 1.63. The number of amides is 1. The molecule has 0 aromatic carbocycles. The summed E-state index contributed by atoms with van der Waals surface area (Å²) in [7, 11) is 4.05. The number of halogens is 2. The highest BCUT2D eigenvalue weighted by atomic mass is 35.5. The molecule has 1 rings (SSSR count). The van der Waals surface area contributed by atoms with Gasteiger partial charge in [0, 0.05) is 12.6 Å². The summed E-state index contributed by atoms with van der Waals surface area (Å²) in [5, 5.41) is 6.24. The normalized spacial score (nSPS) is 21.1. The Morgan fingerprint density at radius 3 is 2.53 bits per heavy atom. The van der Waals surface area contributed by atoms with Crippen molar-refractivity contribution in [2.24, 2.45) is 0 Å². The minimum absolute atomic E-state index is 0. The van der Waals surface area contributed by atoms with Gasteiger partial charge in [0.25, 0.3) is 0 Å². The number of rotatable bonds is 4. The molecule has 1 aliphatic heterocycles. The number of nitrogens with zero attached hydrogens (tertiary/aromatic N) is 1. The van der Waals surface area contributed by atoms with Crippen LogP contribution in [0.2, 0.25) is 0 Å². The highest BCUT2D eigenvalue weighted by molar-refractivity contribution is 5.85. The van der Waals surface area contributed by atoms with Crippen molar-refractivity contribution in [3.05, 3.63) is 0 Å². The van der Waals surface area contributed by atoms with Crippen molar-refractivity contribution in [3.63, 3.8) is 0 Å². The Morgan fingerprint density at radius 2 is 2.06 bits per heavy atom. The third kappa shape index (κ3) is 7.09. The second kappa shape index (κ2) is 9.95. The highest BCUT2D eigenvalue weighted by Gasteiger charge is 2.20. The van der Waals surface area contributed by atoms with Crippen LogP contribution in [0.4, 0.5) is 0 Å². The van der Waals surface area contributed by atoms with Crippen molar-refractivity contribution in [1.29, 1.82) is 0 Å². The smallest absolute Gasteiger partial charge is 0.237 e. The summed E-state index contributed by atoms with van der Waals surface area (Å²) in [5.74, 6) is 0.156. The first kappa shape index (κ1) is 19.3. The number of nitrogens with one attached hydrogen (secondary N) is 2. The zero-order chi connectivity index (χ0) is 11.3. The molecule has 104 valence electrons. The van der Waals surface area contributed by atoms with E-state index in [4.69, 9.17) is 0 Å². The second-order valence-electron chi connectivity index (χ2n) is 4.56. The van der Waals surface area contributed by atoms with E-state index in [1.165, 1.54) is 6.42 Å². The first-order valence-electron chi connectivity index (χ1n) is 5.79. The van der Waals surface area contributed by atoms with Crippen LogP contribution < -0.4 is 10.6 Å². The van der Waals surface area contributed by atoms with E-state index in [9.17, 15) is 4.79 Å². The van der Waals surface area contributed by atoms with Crippen molar-refractivity contribution in [3.8, 4) is 0 Å². The molecule has 0 radical (unpaired) electrons. The molecule has 1 aliphatic rings. The standard InChI is InChI=1S/C11H23N3O.2ClH/c1-9(14(2)3)8-13-11(15)10-6-4-5-7-12-10;;/h9-10,12H,4-8H2,1-3H3,(H,13,15);2*1H.